The van der Waals surface area contributed by atoms with Gasteiger partial charge in [0.2, 0.25) is 0 Å². The predicted molar refractivity (Wildman–Crippen MR) is 59.0 cm³/mol. The van der Waals surface area contributed by atoms with Crippen molar-refractivity contribution in [1.29, 1.82) is 0 Å². The second kappa shape index (κ2) is 5.30. The van der Waals surface area contributed by atoms with E-state index in [4.69, 9.17) is 5.73 Å². The number of carbonyl (C=O) groups is 1. The van der Waals surface area contributed by atoms with Crippen LogP contribution >= 0.6 is 0 Å². The van der Waals surface area contributed by atoms with Crippen LogP contribution in [0.2, 0.25) is 0 Å². The quantitative estimate of drug-likeness (QED) is 0.522. The van der Waals surface area contributed by atoms with Crippen LogP contribution < -0.4 is 5.73 Å². The van der Waals surface area contributed by atoms with Crippen LogP contribution in [0.1, 0.15) is 44.9 Å². The van der Waals surface area contributed by atoms with E-state index in [9.17, 15) is 4.79 Å². The Labute approximate surface area is 86.6 Å². The molecule has 1 rings (SSSR count). The number of Topliss-reactive ketones (excluding diaryl/α,β-unsaturated/α-hetero) is 1. The Balaban J connectivity index is 2.43. The smallest absolute Gasteiger partial charge is 0.140 e. The third-order valence-electron chi connectivity index (χ3n) is 3.35. The predicted octanol–water partition coefficient (Wildman–Crippen LogP) is 2.43. The van der Waals surface area contributed by atoms with Crippen LogP contribution in [-0.2, 0) is 4.79 Å². The van der Waals surface area contributed by atoms with E-state index in [1.807, 2.05) is 6.08 Å². The van der Waals surface area contributed by atoms with Crippen molar-refractivity contribution in [3.05, 3.63) is 12.7 Å². The van der Waals surface area contributed by atoms with E-state index >= 15 is 0 Å². The Bertz CT molecular complexity index is 204. The monoisotopic (exact) mass is 195 g/mol. The summed E-state index contributed by atoms with van der Waals surface area (Å²) in [7, 11) is 0. The molecule has 0 aromatic heterocycles. The largest absolute Gasteiger partial charge is 0.329 e. The van der Waals surface area contributed by atoms with Gasteiger partial charge in [-0.05, 0) is 25.7 Å². The van der Waals surface area contributed by atoms with Crippen LogP contribution in [-0.4, -0.2) is 12.3 Å². The molecular formula is C12H21NO. The van der Waals surface area contributed by atoms with Gasteiger partial charge in [0.25, 0.3) is 0 Å². The molecule has 1 aliphatic carbocycles. The van der Waals surface area contributed by atoms with Crippen LogP contribution in [0.4, 0.5) is 0 Å². The van der Waals surface area contributed by atoms with Gasteiger partial charge in [-0.1, -0.05) is 18.9 Å². The number of hydrogen-bond donors (Lipinski definition) is 1. The van der Waals surface area contributed by atoms with Crippen molar-refractivity contribution in [3.8, 4) is 0 Å². The molecule has 2 nitrogen and oxygen atoms in total. The van der Waals surface area contributed by atoms with E-state index < -0.39 is 0 Å². The van der Waals surface area contributed by atoms with E-state index in [0.29, 0.717) is 18.7 Å². The highest BCUT2D eigenvalue weighted by molar-refractivity contribution is 5.85. The summed E-state index contributed by atoms with van der Waals surface area (Å²) in [6, 6.07) is 0. The molecule has 2 N–H and O–H groups in total. The van der Waals surface area contributed by atoms with Crippen LogP contribution in [0, 0.1) is 5.41 Å². The lowest BCUT2D eigenvalue weighted by molar-refractivity contribution is -0.128. The van der Waals surface area contributed by atoms with E-state index in [-0.39, 0.29) is 5.41 Å². The molecule has 0 spiro atoms. The van der Waals surface area contributed by atoms with Gasteiger partial charge in [0, 0.05) is 18.4 Å². The summed E-state index contributed by atoms with van der Waals surface area (Å²) in [5.41, 5.74) is 5.58. The zero-order valence-corrected chi connectivity index (χ0v) is 8.93. The van der Waals surface area contributed by atoms with Crippen molar-refractivity contribution < 1.29 is 4.79 Å². The molecule has 0 unspecified atom stereocenters. The number of unbranched alkanes of at least 4 members (excludes halogenated alkanes) is 1. The highest BCUT2D eigenvalue weighted by atomic mass is 16.1. The first-order valence-electron chi connectivity index (χ1n) is 5.59. The topological polar surface area (TPSA) is 43.1 Å². The SMILES string of the molecule is C=CCCCC(=O)C1(CN)CCCC1. The summed E-state index contributed by atoms with van der Waals surface area (Å²) in [6.07, 6.45) is 8.79. The summed E-state index contributed by atoms with van der Waals surface area (Å²) in [5.74, 6) is 0.388. The third kappa shape index (κ3) is 2.44. The molecule has 1 saturated carbocycles. The van der Waals surface area contributed by atoms with Crippen molar-refractivity contribution >= 4 is 5.78 Å². The normalized spacial score (nSPS) is 19.5. The molecule has 0 saturated heterocycles. The first-order chi connectivity index (χ1) is 6.75. The second-order valence-electron chi connectivity index (χ2n) is 4.30. The first-order valence-corrected chi connectivity index (χ1v) is 5.59. The number of nitrogens with two attached hydrogens (primary N) is 1. The minimum absolute atomic E-state index is 0.152. The number of allylic oxidation sites excluding steroid dienone is 1. The lowest BCUT2D eigenvalue weighted by Gasteiger charge is -2.25. The maximum Gasteiger partial charge on any atom is 0.140 e. The van der Waals surface area contributed by atoms with Crippen molar-refractivity contribution in [2.75, 3.05) is 6.54 Å². The average Bonchev–Trinajstić information content (AvgIpc) is 2.67. The van der Waals surface area contributed by atoms with E-state index in [0.717, 1.165) is 25.7 Å². The summed E-state index contributed by atoms with van der Waals surface area (Å²) >= 11 is 0. The molecule has 2 heteroatoms. The van der Waals surface area contributed by atoms with E-state index in [1.165, 1.54) is 12.8 Å². The Kier molecular flexibility index (Phi) is 4.33. The standard InChI is InChI=1S/C12H21NO/c1-2-3-4-7-11(14)12(10-13)8-5-6-9-12/h2H,1,3-10,13H2. The Morgan fingerprint density at radius 1 is 1.43 bits per heavy atom. The molecule has 1 fully saturated rings. The van der Waals surface area contributed by atoms with E-state index in [1.54, 1.807) is 0 Å². The van der Waals surface area contributed by atoms with Crippen LogP contribution in [0.15, 0.2) is 12.7 Å². The fourth-order valence-corrected chi connectivity index (χ4v) is 2.32. The molecular weight excluding hydrogens is 174 g/mol. The van der Waals surface area contributed by atoms with Crippen LogP contribution in [0.3, 0.4) is 0 Å². The third-order valence-corrected chi connectivity index (χ3v) is 3.35. The highest BCUT2D eigenvalue weighted by Crippen LogP contribution is 2.39. The Morgan fingerprint density at radius 2 is 2.07 bits per heavy atom. The Hall–Kier alpha value is -0.630. The molecule has 0 heterocycles. The fourth-order valence-electron chi connectivity index (χ4n) is 2.32. The number of carbonyl (C=O) groups excluding carboxylic acids is 1. The minimum Gasteiger partial charge on any atom is -0.329 e. The average molecular weight is 195 g/mol. The van der Waals surface area contributed by atoms with Gasteiger partial charge < -0.3 is 5.73 Å². The van der Waals surface area contributed by atoms with Gasteiger partial charge in [-0.25, -0.2) is 0 Å². The van der Waals surface area contributed by atoms with Gasteiger partial charge >= 0.3 is 0 Å². The summed E-state index contributed by atoms with van der Waals surface area (Å²) in [6.45, 7) is 4.20. The van der Waals surface area contributed by atoms with Gasteiger partial charge in [-0.3, -0.25) is 4.79 Å². The van der Waals surface area contributed by atoms with Gasteiger partial charge in [0.15, 0.2) is 0 Å². The summed E-state index contributed by atoms with van der Waals surface area (Å²) < 4.78 is 0. The van der Waals surface area contributed by atoms with Crippen molar-refractivity contribution in [3.63, 3.8) is 0 Å². The highest BCUT2D eigenvalue weighted by Gasteiger charge is 2.38. The number of hydrogen-bond acceptors (Lipinski definition) is 2. The van der Waals surface area contributed by atoms with Crippen LogP contribution in [0.5, 0.6) is 0 Å². The number of rotatable bonds is 6. The molecule has 0 aromatic rings. The Morgan fingerprint density at radius 3 is 2.57 bits per heavy atom. The summed E-state index contributed by atoms with van der Waals surface area (Å²) in [5, 5.41) is 0. The molecule has 0 aliphatic heterocycles. The summed E-state index contributed by atoms with van der Waals surface area (Å²) in [4.78, 5) is 12.0. The zero-order valence-electron chi connectivity index (χ0n) is 8.93. The molecule has 14 heavy (non-hydrogen) atoms. The molecule has 0 radical (unpaired) electrons. The van der Waals surface area contributed by atoms with Crippen molar-refractivity contribution in [2.24, 2.45) is 11.1 Å². The lowest BCUT2D eigenvalue weighted by atomic mass is 9.80. The molecule has 80 valence electrons. The lowest BCUT2D eigenvalue weighted by Crippen LogP contribution is -2.35. The van der Waals surface area contributed by atoms with Gasteiger partial charge in [0.1, 0.15) is 5.78 Å². The van der Waals surface area contributed by atoms with Crippen molar-refractivity contribution in [1.82, 2.24) is 0 Å². The fraction of sp³-hybridized carbons (Fsp3) is 0.750. The minimum atomic E-state index is -0.152. The maximum absolute atomic E-state index is 12.0. The zero-order chi connectivity index (χ0) is 10.4. The first kappa shape index (κ1) is 11.4. The molecule has 0 bridgehead atoms. The van der Waals surface area contributed by atoms with E-state index in [2.05, 4.69) is 6.58 Å². The molecule has 0 aromatic carbocycles. The van der Waals surface area contributed by atoms with Gasteiger partial charge in [0.05, 0.1) is 0 Å². The van der Waals surface area contributed by atoms with Crippen molar-refractivity contribution in [2.45, 2.75) is 44.9 Å². The van der Waals surface area contributed by atoms with Crippen LogP contribution in [0.25, 0.3) is 0 Å². The molecule has 0 amide bonds. The van der Waals surface area contributed by atoms with Gasteiger partial charge in [-0.15, -0.1) is 6.58 Å². The maximum atomic E-state index is 12.0. The molecule has 0 atom stereocenters. The van der Waals surface area contributed by atoms with Gasteiger partial charge in [-0.2, -0.15) is 0 Å². The second-order valence-corrected chi connectivity index (χ2v) is 4.30. The molecule has 1 aliphatic rings. The number of ketones is 1.